The van der Waals surface area contributed by atoms with Gasteiger partial charge in [0, 0.05) is 0 Å². The first-order valence-electron chi connectivity index (χ1n) is 6.69. The Morgan fingerprint density at radius 2 is 1.82 bits per heavy atom. The van der Waals surface area contributed by atoms with E-state index in [9.17, 15) is 0 Å². The van der Waals surface area contributed by atoms with Crippen LogP contribution in [-0.4, -0.2) is 5.38 Å². The molecule has 1 aromatic rings. The van der Waals surface area contributed by atoms with Crippen molar-refractivity contribution in [3.8, 4) is 0 Å². The van der Waals surface area contributed by atoms with Crippen LogP contribution in [0, 0.1) is 0 Å². The Hall–Kier alpha value is -0.750. The second-order valence-corrected chi connectivity index (χ2v) is 5.49. The van der Waals surface area contributed by atoms with Crippen LogP contribution < -0.4 is 0 Å². The molecule has 0 aromatic heterocycles. The molecule has 0 spiro atoms. The molecule has 0 N–H and O–H groups in total. The van der Waals surface area contributed by atoms with Gasteiger partial charge in [-0.15, -0.1) is 11.6 Å². The molecule has 1 aliphatic rings. The molecule has 1 aromatic carbocycles. The summed E-state index contributed by atoms with van der Waals surface area (Å²) < 4.78 is 0. The summed E-state index contributed by atoms with van der Waals surface area (Å²) in [5.41, 5.74) is 4.35. The lowest BCUT2D eigenvalue weighted by atomic mass is 10.00. The van der Waals surface area contributed by atoms with E-state index >= 15 is 0 Å². The molecule has 0 fully saturated rings. The van der Waals surface area contributed by atoms with Crippen molar-refractivity contribution < 1.29 is 0 Å². The normalized spacial score (nSPS) is 20.8. The standard InChI is InChI=1S/C16H21Cl/c1-2-13-7-9-14(10-8-13)11-15-5-3-4-6-16(17)12-15/h7-10,12,16H,2-6,11H2,1H3. The van der Waals surface area contributed by atoms with Gasteiger partial charge in [-0.1, -0.05) is 49.3 Å². The second-order valence-electron chi connectivity index (χ2n) is 4.93. The molecule has 0 saturated heterocycles. The first kappa shape index (κ1) is 12.7. The monoisotopic (exact) mass is 248 g/mol. The summed E-state index contributed by atoms with van der Waals surface area (Å²) in [6.45, 7) is 2.20. The molecule has 0 aliphatic heterocycles. The van der Waals surface area contributed by atoms with Gasteiger partial charge >= 0.3 is 0 Å². The van der Waals surface area contributed by atoms with Crippen molar-refractivity contribution in [2.75, 3.05) is 0 Å². The quantitative estimate of drug-likeness (QED) is 0.527. The molecule has 0 bridgehead atoms. The molecule has 0 radical (unpaired) electrons. The molecule has 0 nitrogen and oxygen atoms in total. The highest BCUT2D eigenvalue weighted by molar-refractivity contribution is 6.21. The summed E-state index contributed by atoms with van der Waals surface area (Å²) in [7, 11) is 0. The van der Waals surface area contributed by atoms with Gasteiger partial charge in [-0.3, -0.25) is 0 Å². The van der Waals surface area contributed by atoms with Crippen LogP contribution in [0.5, 0.6) is 0 Å². The number of aryl methyl sites for hydroxylation is 1. The summed E-state index contributed by atoms with van der Waals surface area (Å²) >= 11 is 6.25. The van der Waals surface area contributed by atoms with E-state index in [1.165, 1.54) is 36.0 Å². The Morgan fingerprint density at radius 1 is 1.12 bits per heavy atom. The third-order valence-electron chi connectivity index (χ3n) is 3.51. The Kier molecular flexibility index (Phi) is 4.67. The van der Waals surface area contributed by atoms with Gasteiger partial charge in [0.15, 0.2) is 0 Å². The lowest BCUT2D eigenvalue weighted by Gasteiger charge is -2.07. The molecule has 0 amide bonds. The highest BCUT2D eigenvalue weighted by atomic mass is 35.5. The summed E-state index contributed by atoms with van der Waals surface area (Å²) in [6.07, 6.45) is 9.39. The molecule has 0 heterocycles. The molecule has 1 unspecified atom stereocenters. The van der Waals surface area contributed by atoms with Crippen molar-refractivity contribution in [2.24, 2.45) is 0 Å². The van der Waals surface area contributed by atoms with E-state index in [-0.39, 0.29) is 5.38 Å². The van der Waals surface area contributed by atoms with Gasteiger partial charge < -0.3 is 0 Å². The van der Waals surface area contributed by atoms with Crippen LogP contribution in [0.1, 0.15) is 43.7 Å². The highest BCUT2D eigenvalue weighted by Crippen LogP contribution is 2.23. The zero-order valence-corrected chi connectivity index (χ0v) is 11.3. The third-order valence-corrected chi connectivity index (χ3v) is 3.85. The third kappa shape index (κ3) is 3.89. The number of hydrogen-bond donors (Lipinski definition) is 0. The maximum absolute atomic E-state index is 6.25. The number of rotatable bonds is 3. The number of alkyl halides is 1. The van der Waals surface area contributed by atoms with E-state index in [1.807, 2.05) is 0 Å². The predicted molar refractivity (Wildman–Crippen MR) is 75.7 cm³/mol. The van der Waals surface area contributed by atoms with Gasteiger partial charge in [0.1, 0.15) is 0 Å². The van der Waals surface area contributed by atoms with Crippen LogP contribution >= 0.6 is 11.6 Å². The van der Waals surface area contributed by atoms with E-state index in [0.717, 1.165) is 19.3 Å². The van der Waals surface area contributed by atoms with E-state index in [1.54, 1.807) is 0 Å². The van der Waals surface area contributed by atoms with Gasteiger partial charge in [-0.05, 0) is 43.2 Å². The van der Waals surface area contributed by atoms with Crippen molar-refractivity contribution in [1.82, 2.24) is 0 Å². The van der Waals surface area contributed by atoms with Crippen LogP contribution in [0.15, 0.2) is 35.9 Å². The lowest BCUT2D eigenvalue weighted by molar-refractivity contribution is 0.710. The molecule has 17 heavy (non-hydrogen) atoms. The number of allylic oxidation sites excluding steroid dienone is 2. The fourth-order valence-corrected chi connectivity index (χ4v) is 2.75. The van der Waals surface area contributed by atoms with Crippen molar-refractivity contribution in [3.05, 3.63) is 47.0 Å². The van der Waals surface area contributed by atoms with Gasteiger partial charge in [0.05, 0.1) is 5.38 Å². The van der Waals surface area contributed by atoms with E-state index < -0.39 is 0 Å². The maximum Gasteiger partial charge on any atom is 0.0518 e. The maximum atomic E-state index is 6.25. The topological polar surface area (TPSA) is 0 Å². The summed E-state index contributed by atoms with van der Waals surface area (Å²) in [4.78, 5) is 0. The molecule has 1 heteroatoms. The summed E-state index contributed by atoms with van der Waals surface area (Å²) in [5, 5.41) is 0.252. The van der Waals surface area contributed by atoms with Crippen LogP contribution in [-0.2, 0) is 12.8 Å². The van der Waals surface area contributed by atoms with Gasteiger partial charge in [0.2, 0.25) is 0 Å². The SMILES string of the molecule is CCc1ccc(CC2=CC(Cl)CCCC2)cc1. The van der Waals surface area contributed by atoms with Crippen LogP contribution in [0.2, 0.25) is 0 Å². The molecular weight excluding hydrogens is 228 g/mol. The van der Waals surface area contributed by atoms with E-state index in [0.29, 0.717) is 0 Å². The summed E-state index contributed by atoms with van der Waals surface area (Å²) in [5.74, 6) is 0. The van der Waals surface area contributed by atoms with Crippen molar-refractivity contribution >= 4 is 11.6 Å². The van der Waals surface area contributed by atoms with Gasteiger partial charge in [-0.25, -0.2) is 0 Å². The molecule has 1 atom stereocenters. The van der Waals surface area contributed by atoms with Gasteiger partial charge in [0.25, 0.3) is 0 Å². The molecule has 92 valence electrons. The highest BCUT2D eigenvalue weighted by Gasteiger charge is 2.09. The Bertz CT molecular complexity index is 375. The minimum atomic E-state index is 0.252. The van der Waals surface area contributed by atoms with Crippen molar-refractivity contribution in [2.45, 2.75) is 50.8 Å². The van der Waals surface area contributed by atoms with Gasteiger partial charge in [-0.2, -0.15) is 0 Å². The lowest BCUT2D eigenvalue weighted by Crippen LogP contribution is -1.94. The van der Waals surface area contributed by atoms with Crippen molar-refractivity contribution in [1.29, 1.82) is 0 Å². The molecule has 1 aliphatic carbocycles. The molecule has 0 saturated carbocycles. The Labute approximate surface area is 110 Å². The minimum Gasteiger partial charge on any atom is -0.118 e. The Morgan fingerprint density at radius 3 is 2.53 bits per heavy atom. The molecule has 2 rings (SSSR count). The van der Waals surface area contributed by atoms with Crippen molar-refractivity contribution in [3.63, 3.8) is 0 Å². The van der Waals surface area contributed by atoms with Crippen LogP contribution in [0.3, 0.4) is 0 Å². The zero-order valence-electron chi connectivity index (χ0n) is 10.6. The fourth-order valence-electron chi connectivity index (χ4n) is 2.42. The van der Waals surface area contributed by atoms with E-state index in [4.69, 9.17) is 11.6 Å². The van der Waals surface area contributed by atoms with E-state index in [2.05, 4.69) is 37.3 Å². The average molecular weight is 249 g/mol. The molecular formula is C16H21Cl. The average Bonchev–Trinajstić information content (AvgIpc) is 2.55. The summed E-state index contributed by atoms with van der Waals surface area (Å²) in [6, 6.07) is 9.00. The predicted octanol–water partition coefficient (Wildman–Crippen LogP) is 4.90. The number of hydrogen-bond acceptors (Lipinski definition) is 0. The zero-order chi connectivity index (χ0) is 12.1. The first-order chi connectivity index (χ1) is 8.28. The van der Waals surface area contributed by atoms with Crippen LogP contribution in [0.4, 0.5) is 0 Å². The fraction of sp³-hybridized carbons (Fsp3) is 0.500. The smallest absolute Gasteiger partial charge is 0.0518 e. The minimum absolute atomic E-state index is 0.252. The first-order valence-corrected chi connectivity index (χ1v) is 7.13. The largest absolute Gasteiger partial charge is 0.118 e. The Balaban J connectivity index is 2.03. The van der Waals surface area contributed by atoms with Crippen LogP contribution in [0.25, 0.3) is 0 Å². The number of benzene rings is 1. The second kappa shape index (κ2) is 6.26. The number of halogens is 1.